The van der Waals surface area contributed by atoms with E-state index in [-0.39, 0.29) is 5.78 Å². The van der Waals surface area contributed by atoms with Gasteiger partial charge in [-0.05, 0) is 60.3 Å². The molecule has 0 amide bonds. The summed E-state index contributed by atoms with van der Waals surface area (Å²) in [6.45, 7) is 8.16. The highest BCUT2D eigenvalue weighted by molar-refractivity contribution is 6.65. The van der Waals surface area contributed by atoms with Crippen molar-refractivity contribution in [3.8, 4) is 16.9 Å². The smallest absolute Gasteiger partial charge is 0.334 e. The lowest BCUT2D eigenvalue weighted by molar-refractivity contribution is 0.103. The number of hydrogen-bond donors (Lipinski definition) is 0. The summed E-state index contributed by atoms with van der Waals surface area (Å²) in [4.78, 5) is 12.6. The van der Waals surface area contributed by atoms with E-state index < -0.39 is 8.56 Å². The predicted molar refractivity (Wildman–Crippen MR) is 114 cm³/mol. The number of hydrogen-bond acceptors (Lipinski definition) is 4. The molecule has 0 spiro atoms. The highest BCUT2D eigenvalue weighted by Crippen LogP contribution is 2.42. The van der Waals surface area contributed by atoms with Gasteiger partial charge in [0.05, 0.1) is 6.61 Å². The zero-order valence-corrected chi connectivity index (χ0v) is 18.1. The quantitative estimate of drug-likeness (QED) is 0.217. The molecule has 2 aromatic rings. The molecular weight excluding hydrogens is 368 g/mol. The standard InChI is InChI=1S/C23H28O4Si/c1-16(2)23(24)18-14-20-19-10-7-6-9-17(19)13-21(20)22(15-18)27-11-8-12-28(5,25-3)26-4/h6-7,9-10,14-15H,1,8,11-13H2,2-5H3. The van der Waals surface area contributed by atoms with Crippen molar-refractivity contribution in [1.29, 1.82) is 0 Å². The van der Waals surface area contributed by atoms with Crippen molar-refractivity contribution in [2.45, 2.75) is 32.4 Å². The van der Waals surface area contributed by atoms with Gasteiger partial charge in [-0.15, -0.1) is 0 Å². The van der Waals surface area contributed by atoms with Crippen LogP contribution >= 0.6 is 0 Å². The van der Waals surface area contributed by atoms with Crippen LogP contribution in [-0.2, 0) is 15.3 Å². The molecule has 0 unspecified atom stereocenters. The van der Waals surface area contributed by atoms with Gasteiger partial charge in [-0.2, -0.15) is 0 Å². The molecule has 0 fully saturated rings. The molecule has 2 aromatic carbocycles. The van der Waals surface area contributed by atoms with E-state index in [0.29, 0.717) is 17.7 Å². The largest absolute Gasteiger partial charge is 0.493 e. The lowest BCUT2D eigenvalue weighted by Gasteiger charge is -2.22. The van der Waals surface area contributed by atoms with Crippen molar-refractivity contribution in [2.24, 2.45) is 0 Å². The molecule has 0 N–H and O–H groups in total. The van der Waals surface area contributed by atoms with E-state index >= 15 is 0 Å². The maximum absolute atomic E-state index is 12.6. The SMILES string of the molecule is C=C(C)C(=O)c1cc(OCCC[Si](C)(OC)OC)c2c(c1)-c1ccccc1C2. The first-order chi connectivity index (χ1) is 13.4. The van der Waals surface area contributed by atoms with Gasteiger partial charge in [0.15, 0.2) is 5.78 Å². The van der Waals surface area contributed by atoms with Gasteiger partial charge >= 0.3 is 8.56 Å². The molecular formula is C23H28O4Si. The van der Waals surface area contributed by atoms with Gasteiger partial charge in [0, 0.05) is 31.8 Å². The average Bonchev–Trinajstić information content (AvgIpc) is 3.09. The van der Waals surface area contributed by atoms with Crippen LogP contribution in [0.5, 0.6) is 5.75 Å². The number of rotatable bonds is 9. The van der Waals surface area contributed by atoms with Crippen molar-refractivity contribution in [3.63, 3.8) is 0 Å². The number of benzene rings is 2. The normalized spacial score (nSPS) is 12.4. The van der Waals surface area contributed by atoms with Gasteiger partial charge in [0.2, 0.25) is 0 Å². The fourth-order valence-corrected chi connectivity index (χ4v) is 4.93. The minimum atomic E-state index is -2.10. The van der Waals surface area contributed by atoms with Gasteiger partial charge in [-0.3, -0.25) is 4.79 Å². The third-order valence-electron chi connectivity index (χ3n) is 5.43. The molecule has 5 heteroatoms. The molecule has 3 rings (SSSR count). The van der Waals surface area contributed by atoms with Crippen LogP contribution < -0.4 is 4.74 Å². The van der Waals surface area contributed by atoms with E-state index in [4.69, 9.17) is 13.6 Å². The third-order valence-corrected chi connectivity index (χ3v) is 8.42. The Morgan fingerprint density at radius 1 is 1.14 bits per heavy atom. The van der Waals surface area contributed by atoms with E-state index in [9.17, 15) is 4.79 Å². The Labute approximate surface area is 168 Å². The lowest BCUT2D eigenvalue weighted by Crippen LogP contribution is -2.36. The van der Waals surface area contributed by atoms with Crippen LogP contribution in [0.4, 0.5) is 0 Å². The van der Waals surface area contributed by atoms with Gasteiger partial charge in [-0.25, -0.2) is 0 Å². The van der Waals surface area contributed by atoms with Crippen molar-refractivity contribution in [2.75, 3.05) is 20.8 Å². The maximum Gasteiger partial charge on any atom is 0.334 e. The topological polar surface area (TPSA) is 44.8 Å². The second kappa shape index (κ2) is 8.43. The number of Topliss-reactive ketones (excluding diaryl/α,β-unsaturated/α-hetero) is 1. The number of allylic oxidation sites excluding steroid dienone is 1. The average molecular weight is 397 g/mol. The van der Waals surface area contributed by atoms with Crippen molar-refractivity contribution in [3.05, 3.63) is 65.2 Å². The minimum Gasteiger partial charge on any atom is -0.493 e. The predicted octanol–water partition coefficient (Wildman–Crippen LogP) is 5.15. The molecule has 148 valence electrons. The van der Waals surface area contributed by atoms with Gasteiger partial charge in [0.25, 0.3) is 0 Å². The molecule has 1 aliphatic rings. The molecule has 0 aromatic heterocycles. The summed E-state index contributed by atoms with van der Waals surface area (Å²) in [7, 11) is 1.31. The van der Waals surface area contributed by atoms with Crippen LogP contribution in [0, 0.1) is 0 Å². The second-order valence-electron chi connectivity index (χ2n) is 7.44. The first-order valence-corrected chi connectivity index (χ1v) is 12.1. The summed E-state index contributed by atoms with van der Waals surface area (Å²) in [5, 5.41) is 0. The Morgan fingerprint density at radius 2 is 1.86 bits per heavy atom. The molecule has 1 aliphatic carbocycles. The van der Waals surface area contributed by atoms with E-state index in [1.54, 1.807) is 21.1 Å². The fourth-order valence-electron chi connectivity index (χ4n) is 3.56. The van der Waals surface area contributed by atoms with Crippen molar-refractivity contribution in [1.82, 2.24) is 0 Å². The highest BCUT2D eigenvalue weighted by atomic mass is 28.4. The first-order valence-electron chi connectivity index (χ1n) is 9.57. The molecule has 0 bridgehead atoms. The maximum atomic E-state index is 12.6. The van der Waals surface area contributed by atoms with Crippen LogP contribution in [0.1, 0.15) is 34.8 Å². The van der Waals surface area contributed by atoms with E-state index in [1.807, 2.05) is 30.8 Å². The fraction of sp³-hybridized carbons (Fsp3) is 0.348. The summed E-state index contributed by atoms with van der Waals surface area (Å²) >= 11 is 0. The van der Waals surface area contributed by atoms with Crippen LogP contribution in [0.25, 0.3) is 11.1 Å². The number of carbonyl (C=O) groups is 1. The van der Waals surface area contributed by atoms with Crippen LogP contribution in [0.15, 0.2) is 48.6 Å². The zero-order chi connectivity index (χ0) is 20.3. The van der Waals surface area contributed by atoms with E-state index in [1.165, 1.54) is 11.1 Å². The summed E-state index contributed by atoms with van der Waals surface area (Å²) < 4.78 is 17.2. The third kappa shape index (κ3) is 4.11. The monoisotopic (exact) mass is 396 g/mol. The number of ketones is 1. The van der Waals surface area contributed by atoms with Crippen LogP contribution in [-0.4, -0.2) is 35.2 Å². The Balaban J connectivity index is 1.86. The van der Waals surface area contributed by atoms with Crippen LogP contribution in [0.2, 0.25) is 12.6 Å². The minimum absolute atomic E-state index is 0.0456. The first kappa shape index (κ1) is 20.5. The van der Waals surface area contributed by atoms with Gasteiger partial charge in [0.1, 0.15) is 5.75 Å². The number of fused-ring (bicyclic) bond motifs is 3. The molecule has 28 heavy (non-hydrogen) atoms. The van der Waals surface area contributed by atoms with Crippen molar-refractivity contribution < 1.29 is 18.4 Å². The lowest BCUT2D eigenvalue weighted by atomic mass is 9.98. The highest BCUT2D eigenvalue weighted by Gasteiger charge is 2.28. The molecule has 0 aliphatic heterocycles. The molecule has 0 radical (unpaired) electrons. The molecule has 4 nitrogen and oxygen atoms in total. The van der Waals surface area contributed by atoms with E-state index in [2.05, 4.69) is 18.7 Å². The Hall–Kier alpha value is -2.21. The molecule has 0 heterocycles. The molecule has 0 saturated heterocycles. The van der Waals surface area contributed by atoms with E-state index in [0.717, 1.165) is 35.8 Å². The zero-order valence-electron chi connectivity index (χ0n) is 17.1. The van der Waals surface area contributed by atoms with Crippen LogP contribution in [0.3, 0.4) is 0 Å². The Bertz CT molecular complexity index is 899. The van der Waals surface area contributed by atoms with Gasteiger partial charge < -0.3 is 13.6 Å². The second-order valence-corrected chi connectivity index (χ2v) is 11.0. The summed E-state index contributed by atoms with van der Waals surface area (Å²) in [5.74, 6) is 0.743. The number of ether oxygens (including phenoxy) is 1. The summed E-state index contributed by atoms with van der Waals surface area (Å²) in [6.07, 6.45) is 1.66. The molecule has 0 saturated carbocycles. The number of carbonyl (C=O) groups excluding carboxylic acids is 1. The summed E-state index contributed by atoms with van der Waals surface area (Å²) in [5.41, 5.74) is 5.84. The summed E-state index contributed by atoms with van der Waals surface area (Å²) in [6, 6.07) is 13.0. The Morgan fingerprint density at radius 3 is 2.54 bits per heavy atom. The Kier molecular flexibility index (Phi) is 6.18. The molecule has 0 atom stereocenters. The van der Waals surface area contributed by atoms with Gasteiger partial charge in [-0.1, -0.05) is 30.8 Å². The van der Waals surface area contributed by atoms with Crippen molar-refractivity contribution >= 4 is 14.3 Å².